The number of aromatic nitrogens is 4. The Balaban J connectivity index is 2.11. The monoisotopic (exact) mass is 251 g/mol. The third kappa shape index (κ3) is 2.06. The fourth-order valence-electron chi connectivity index (χ4n) is 1.91. The molecule has 3 aromatic rings. The van der Waals surface area contributed by atoms with E-state index in [2.05, 4.69) is 27.0 Å². The largest absolute Gasteiger partial charge is 0.366 e. The van der Waals surface area contributed by atoms with Crippen molar-refractivity contribution in [2.24, 2.45) is 0 Å². The first-order valence-corrected chi connectivity index (χ1v) is 5.99. The Hall–Kier alpha value is -2.69. The van der Waals surface area contributed by atoms with Crippen LogP contribution in [0, 0.1) is 0 Å². The van der Waals surface area contributed by atoms with Gasteiger partial charge in [-0.3, -0.25) is 0 Å². The number of hydrogen-bond donors (Lipinski definition) is 1. The minimum absolute atomic E-state index is 0.655. The molecule has 2 aromatic heterocycles. The quantitative estimate of drug-likeness (QED) is 0.723. The third-order valence-corrected chi connectivity index (χ3v) is 2.78. The maximum atomic E-state index is 4.38. The SMILES string of the molecule is C=CCNc1ncnc2c1cnn2-c1ccccc1. The lowest BCUT2D eigenvalue weighted by atomic mass is 10.3. The van der Waals surface area contributed by atoms with E-state index in [4.69, 9.17) is 0 Å². The van der Waals surface area contributed by atoms with Gasteiger partial charge in [0.25, 0.3) is 0 Å². The van der Waals surface area contributed by atoms with Crippen LogP contribution in [0.15, 0.2) is 55.5 Å². The van der Waals surface area contributed by atoms with E-state index in [0.717, 1.165) is 22.5 Å². The van der Waals surface area contributed by atoms with Crippen LogP contribution in [0.1, 0.15) is 0 Å². The first kappa shape index (κ1) is 11.4. The van der Waals surface area contributed by atoms with Gasteiger partial charge in [-0.2, -0.15) is 5.10 Å². The molecular weight excluding hydrogens is 238 g/mol. The van der Waals surface area contributed by atoms with Gasteiger partial charge in [0.15, 0.2) is 5.65 Å². The second kappa shape index (κ2) is 4.89. The Morgan fingerprint density at radius 2 is 2.05 bits per heavy atom. The summed E-state index contributed by atoms with van der Waals surface area (Å²) >= 11 is 0. The van der Waals surface area contributed by atoms with Crippen LogP contribution >= 0.6 is 0 Å². The van der Waals surface area contributed by atoms with E-state index in [1.807, 2.05) is 30.3 Å². The molecule has 0 aliphatic heterocycles. The van der Waals surface area contributed by atoms with Crippen LogP contribution in [-0.2, 0) is 0 Å². The highest BCUT2D eigenvalue weighted by Gasteiger charge is 2.09. The van der Waals surface area contributed by atoms with E-state index in [1.165, 1.54) is 6.33 Å². The van der Waals surface area contributed by atoms with Gasteiger partial charge in [0.05, 0.1) is 17.3 Å². The van der Waals surface area contributed by atoms with Crippen molar-refractivity contribution in [3.05, 3.63) is 55.5 Å². The van der Waals surface area contributed by atoms with Crippen molar-refractivity contribution in [2.75, 3.05) is 11.9 Å². The number of nitrogens with one attached hydrogen (secondary N) is 1. The average Bonchev–Trinajstić information content (AvgIpc) is 2.90. The summed E-state index contributed by atoms with van der Waals surface area (Å²) in [5.74, 6) is 0.770. The molecule has 1 aromatic carbocycles. The molecule has 3 rings (SSSR count). The number of rotatable bonds is 4. The molecule has 0 unspecified atom stereocenters. The molecule has 0 saturated carbocycles. The fourth-order valence-corrected chi connectivity index (χ4v) is 1.91. The van der Waals surface area contributed by atoms with Gasteiger partial charge >= 0.3 is 0 Å². The van der Waals surface area contributed by atoms with Crippen molar-refractivity contribution in [3.63, 3.8) is 0 Å². The van der Waals surface area contributed by atoms with Crippen LogP contribution in [0.2, 0.25) is 0 Å². The van der Waals surface area contributed by atoms with Gasteiger partial charge < -0.3 is 5.32 Å². The molecule has 0 amide bonds. The van der Waals surface area contributed by atoms with Crippen molar-refractivity contribution in [1.29, 1.82) is 0 Å². The Morgan fingerprint density at radius 1 is 1.21 bits per heavy atom. The molecule has 0 radical (unpaired) electrons. The highest BCUT2D eigenvalue weighted by Crippen LogP contribution is 2.21. The summed E-state index contributed by atoms with van der Waals surface area (Å²) in [5, 5.41) is 8.46. The van der Waals surface area contributed by atoms with Crippen LogP contribution in [0.3, 0.4) is 0 Å². The summed E-state index contributed by atoms with van der Waals surface area (Å²) in [7, 11) is 0. The topological polar surface area (TPSA) is 55.6 Å². The molecule has 1 N–H and O–H groups in total. The zero-order chi connectivity index (χ0) is 13.1. The smallest absolute Gasteiger partial charge is 0.168 e. The molecule has 0 spiro atoms. The van der Waals surface area contributed by atoms with Crippen molar-refractivity contribution in [2.45, 2.75) is 0 Å². The van der Waals surface area contributed by atoms with Crippen LogP contribution in [0.4, 0.5) is 5.82 Å². The van der Waals surface area contributed by atoms with Gasteiger partial charge in [-0.25, -0.2) is 14.6 Å². The van der Waals surface area contributed by atoms with Crippen LogP contribution in [0.5, 0.6) is 0 Å². The summed E-state index contributed by atoms with van der Waals surface area (Å²) < 4.78 is 1.80. The maximum Gasteiger partial charge on any atom is 0.168 e. The molecule has 19 heavy (non-hydrogen) atoms. The Kier molecular flexibility index (Phi) is 2.94. The molecule has 5 nitrogen and oxygen atoms in total. The molecule has 0 atom stereocenters. The number of para-hydroxylation sites is 1. The Labute approximate surface area is 110 Å². The van der Waals surface area contributed by atoms with Crippen molar-refractivity contribution in [3.8, 4) is 5.69 Å². The second-order valence-corrected chi connectivity index (χ2v) is 4.02. The summed E-state index contributed by atoms with van der Waals surface area (Å²) in [5.41, 5.74) is 1.76. The van der Waals surface area contributed by atoms with E-state index in [0.29, 0.717) is 6.54 Å². The van der Waals surface area contributed by atoms with E-state index >= 15 is 0 Å². The van der Waals surface area contributed by atoms with Gasteiger partial charge in [-0.1, -0.05) is 24.3 Å². The minimum atomic E-state index is 0.655. The summed E-state index contributed by atoms with van der Waals surface area (Å²) in [6.45, 7) is 4.34. The van der Waals surface area contributed by atoms with Gasteiger partial charge in [0.1, 0.15) is 12.1 Å². The molecule has 94 valence electrons. The van der Waals surface area contributed by atoms with Crippen molar-refractivity contribution < 1.29 is 0 Å². The third-order valence-electron chi connectivity index (χ3n) is 2.78. The molecule has 0 fully saturated rings. The number of fused-ring (bicyclic) bond motifs is 1. The molecule has 0 saturated heterocycles. The average molecular weight is 251 g/mol. The number of anilines is 1. The Morgan fingerprint density at radius 3 is 2.84 bits per heavy atom. The fraction of sp³-hybridized carbons (Fsp3) is 0.0714. The van der Waals surface area contributed by atoms with Gasteiger partial charge in [-0.05, 0) is 12.1 Å². The van der Waals surface area contributed by atoms with Crippen LogP contribution in [-0.4, -0.2) is 26.3 Å². The van der Waals surface area contributed by atoms with Gasteiger partial charge in [0, 0.05) is 6.54 Å². The predicted octanol–water partition coefficient (Wildman–Crippen LogP) is 2.41. The normalized spacial score (nSPS) is 10.5. The number of benzene rings is 1. The molecule has 2 heterocycles. The lowest BCUT2D eigenvalue weighted by molar-refractivity contribution is 0.895. The highest BCUT2D eigenvalue weighted by molar-refractivity contribution is 5.87. The lowest BCUT2D eigenvalue weighted by Crippen LogP contribution is -2.02. The molecule has 0 aliphatic carbocycles. The Bertz CT molecular complexity index is 702. The van der Waals surface area contributed by atoms with E-state index in [1.54, 1.807) is 17.0 Å². The van der Waals surface area contributed by atoms with Crippen LogP contribution in [0.25, 0.3) is 16.7 Å². The summed E-state index contributed by atoms with van der Waals surface area (Å²) in [6, 6.07) is 9.90. The van der Waals surface area contributed by atoms with E-state index in [9.17, 15) is 0 Å². The zero-order valence-corrected chi connectivity index (χ0v) is 10.3. The van der Waals surface area contributed by atoms with Crippen molar-refractivity contribution >= 4 is 16.9 Å². The number of hydrogen-bond acceptors (Lipinski definition) is 4. The summed E-state index contributed by atoms with van der Waals surface area (Å²) in [4.78, 5) is 8.54. The highest BCUT2D eigenvalue weighted by atomic mass is 15.3. The van der Waals surface area contributed by atoms with E-state index in [-0.39, 0.29) is 0 Å². The van der Waals surface area contributed by atoms with Crippen molar-refractivity contribution in [1.82, 2.24) is 19.7 Å². The predicted molar refractivity (Wildman–Crippen MR) is 75.3 cm³/mol. The second-order valence-electron chi connectivity index (χ2n) is 4.02. The molecule has 5 heteroatoms. The molecular formula is C14H13N5. The molecule has 0 bridgehead atoms. The first-order valence-electron chi connectivity index (χ1n) is 5.99. The minimum Gasteiger partial charge on any atom is -0.366 e. The zero-order valence-electron chi connectivity index (χ0n) is 10.3. The van der Waals surface area contributed by atoms with E-state index < -0.39 is 0 Å². The lowest BCUT2D eigenvalue weighted by Gasteiger charge is -2.04. The van der Waals surface area contributed by atoms with Crippen LogP contribution < -0.4 is 5.32 Å². The summed E-state index contributed by atoms with van der Waals surface area (Å²) in [6.07, 6.45) is 5.10. The van der Waals surface area contributed by atoms with Gasteiger partial charge in [0.2, 0.25) is 0 Å². The maximum absolute atomic E-state index is 4.38. The molecule has 0 aliphatic rings. The standard InChI is InChI=1S/C14H13N5/c1-2-8-15-13-12-9-18-19(14(12)17-10-16-13)11-6-4-3-5-7-11/h2-7,9-10H,1,8H2,(H,15,16,17). The first-order chi connectivity index (χ1) is 9.40. The number of nitrogens with zero attached hydrogens (tertiary/aromatic N) is 4. The van der Waals surface area contributed by atoms with Gasteiger partial charge in [-0.15, -0.1) is 6.58 Å².